The number of nitrogens with one attached hydrogen (secondary N) is 1. The van der Waals surface area contributed by atoms with Gasteiger partial charge in [-0.05, 0) is 13.0 Å². The summed E-state index contributed by atoms with van der Waals surface area (Å²) in [7, 11) is 0. The van der Waals surface area contributed by atoms with Crippen molar-refractivity contribution in [1.82, 2.24) is 0 Å². The molecule has 1 atom stereocenters. The number of carboxylic acid groups (broad SMARTS) is 1. The Morgan fingerprint density at radius 3 is 2.84 bits per heavy atom. The van der Waals surface area contributed by atoms with E-state index in [4.69, 9.17) is 4.74 Å². The van der Waals surface area contributed by atoms with Gasteiger partial charge in [-0.1, -0.05) is 6.07 Å². The largest absolute Gasteiger partial charge is 0.479 e. The smallest absolute Gasteiger partial charge is 0.331 e. The third kappa shape index (κ3) is 2.37. The second kappa shape index (κ2) is 4.85. The van der Waals surface area contributed by atoms with Gasteiger partial charge >= 0.3 is 5.97 Å². The number of aliphatic carboxylic acids is 1. The van der Waals surface area contributed by atoms with Crippen molar-refractivity contribution in [3.8, 4) is 0 Å². The molecule has 1 saturated heterocycles. The fourth-order valence-electron chi connectivity index (χ4n) is 2.10. The lowest BCUT2D eigenvalue weighted by Crippen LogP contribution is -2.47. The highest BCUT2D eigenvalue weighted by Gasteiger charge is 2.43. The minimum Gasteiger partial charge on any atom is -0.479 e. The Kier molecular flexibility index (Phi) is 3.39. The van der Waals surface area contributed by atoms with Crippen LogP contribution in [-0.4, -0.2) is 34.8 Å². The molecule has 0 bridgehead atoms. The lowest BCUT2D eigenvalue weighted by molar-refractivity contribution is -0.385. The maximum Gasteiger partial charge on any atom is 0.331 e. The van der Waals surface area contributed by atoms with Crippen molar-refractivity contribution in [1.29, 1.82) is 0 Å². The zero-order chi connectivity index (χ0) is 14.0. The van der Waals surface area contributed by atoms with Gasteiger partial charge in [-0.3, -0.25) is 10.1 Å². The van der Waals surface area contributed by atoms with Crippen LogP contribution in [0.4, 0.5) is 11.4 Å². The molecule has 1 aliphatic rings. The number of hydrogen-bond donors (Lipinski definition) is 2. The van der Waals surface area contributed by atoms with Crippen LogP contribution < -0.4 is 5.32 Å². The Morgan fingerprint density at radius 1 is 1.58 bits per heavy atom. The molecule has 0 amide bonds. The zero-order valence-corrected chi connectivity index (χ0v) is 10.4. The molecule has 102 valence electrons. The van der Waals surface area contributed by atoms with Crippen molar-refractivity contribution < 1.29 is 19.6 Å². The molecule has 0 spiro atoms. The van der Waals surface area contributed by atoms with Crippen LogP contribution >= 0.6 is 0 Å². The number of benzene rings is 1. The predicted molar refractivity (Wildman–Crippen MR) is 67.3 cm³/mol. The van der Waals surface area contributed by atoms with Gasteiger partial charge in [0.2, 0.25) is 0 Å². The lowest BCUT2D eigenvalue weighted by atomic mass is 9.97. The van der Waals surface area contributed by atoms with E-state index in [-0.39, 0.29) is 12.3 Å². The van der Waals surface area contributed by atoms with Crippen molar-refractivity contribution >= 4 is 17.3 Å². The second-order valence-corrected chi connectivity index (χ2v) is 4.52. The molecule has 0 aliphatic carbocycles. The third-order valence-corrected chi connectivity index (χ3v) is 3.31. The van der Waals surface area contributed by atoms with Gasteiger partial charge in [-0.25, -0.2) is 4.79 Å². The van der Waals surface area contributed by atoms with Gasteiger partial charge in [0.05, 0.1) is 11.5 Å². The summed E-state index contributed by atoms with van der Waals surface area (Å²) in [6.45, 7) is 1.99. The first-order valence-electron chi connectivity index (χ1n) is 5.79. The molecule has 7 heteroatoms. The Labute approximate surface area is 109 Å². The summed E-state index contributed by atoms with van der Waals surface area (Å²) in [6.07, 6.45) is 0.324. The number of rotatable bonds is 4. The van der Waals surface area contributed by atoms with Gasteiger partial charge in [0.15, 0.2) is 5.54 Å². The zero-order valence-electron chi connectivity index (χ0n) is 10.4. The van der Waals surface area contributed by atoms with Crippen molar-refractivity contribution in [3.63, 3.8) is 0 Å². The highest BCUT2D eigenvalue weighted by molar-refractivity contribution is 5.84. The van der Waals surface area contributed by atoms with Gasteiger partial charge in [0.1, 0.15) is 0 Å². The average Bonchev–Trinajstić information content (AvgIpc) is 2.81. The molecule has 0 aromatic heterocycles. The number of nitrogens with zero attached hydrogens (tertiary/aromatic N) is 1. The van der Waals surface area contributed by atoms with E-state index in [9.17, 15) is 20.0 Å². The number of anilines is 1. The van der Waals surface area contributed by atoms with Gasteiger partial charge in [0, 0.05) is 30.3 Å². The number of carboxylic acids is 1. The van der Waals surface area contributed by atoms with E-state index in [1.54, 1.807) is 13.0 Å². The highest BCUT2D eigenvalue weighted by atomic mass is 16.6. The van der Waals surface area contributed by atoms with Crippen molar-refractivity contribution in [2.45, 2.75) is 18.9 Å². The van der Waals surface area contributed by atoms with Crippen LogP contribution in [0.5, 0.6) is 0 Å². The van der Waals surface area contributed by atoms with Crippen LogP contribution in [0.25, 0.3) is 0 Å². The minimum atomic E-state index is -1.21. The van der Waals surface area contributed by atoms with Crippen LogP contribution in [0.15, 0.2) is 18.2 Å². The van der Waals surface area contributed by atoms with E-state index >= 15 is 0 Å². The predicted octanol–water partition coefficient (Wildman–Crippen LogP) is 1.56. The Balaban J connectivity index is 2.35. The molecule has 1 fully saturated rings. The van der Waals surface area contributed by atoms with Gasteiger partial charge in [-0.15, -0.1) is 0 Å². The summed E-state index contributed by atoms with van der Waals surface area (Å²) in [5, 5.41) is 23.1. The first kappa shape index (κ1) is 13.3. The van der Waals surface area contributed by atoms with E-state index in [0.29, 0.717) is 24.3 Å². The van der Waals surface area contributed by atoms with Crippen molar-refractivity contribution in [3.05, 3.63) is 33.9 Å². The summed E-state index contributed by atoms with van der Waals surface area (Å²) in [5.74, 6) is -1.02. The standard InChI is InChI=1S/C12H14N2O5/c1-8-9(3-2-4-10(8)14(17)18)13-12(11(15)16)5-6-19-7-12/h2-4,13H,5-7H2,1H3,(H,15,16). The summed E-state index contributed by atoms with van der Waals surface area (Å²) >= 11 is 0. The van der Waals surface area contributed by atoms with Crippen LogP contribution in [-0.2, 0) is 9.53 Å². The van der Waals surface area contributed by atoms with Gasteiger partial charge in [-0.2, -0.15) is 0 Å². The SMILES string of the molecule is Cc1c(NC2(C(=O)O)CCOC2)cccc1[N+](=O)[O-]. The number of nitro groups is 1. The van der Waals surface area contributed by atoms with Crippen molar-refractivity contribution in [2.75, 3.05) is 18.5 Å². The molecule has 2 rings (SSSR count). The van der Waals surface area contributed by atoms with E-state index in [1.165, 1.54) is 12.1 Å². The topological polar surface area (TPSA) is 102 Å². The molecule has 2 N–H and O–H groups in total. The maximum atomic E-state index is 11.4. The maximum absolute atomic E-state index is 11.4. The van der Waals surface area contributed by atoms with Crippen molar-refractivity contribution in [2.24, 2.45) is 0 Å². The number of nitro benzene ring substituents is 1. The molecule has 1 heterocycles. The molecule has 0 saturated carbocycles. The summed E-state index contributed by atoms with van der Waals surface area (Å²) in [6, 6.07) is 4.54. The monoisotopic (exact) mass is 266 g/mol. The average molecular weight is 266 g/mol. The number of carbonyl (C=O) groups is 1. The fourth-order valence-corrected chi connectivity index (χ4v) is 2.10. The Hall–Kier alpha value is -2.15. The number of ether oxygens (including phenoxy) is 1. The van der Waals surface area contributed by atoms with E-state index < -0.39 is 16.4 Å². The minimum absolute atomic E-state index is 0.0375. The quantitative estimate of drug-likeness (QED) is 0.633. The van der Waals surface area contributed by atoms with E-state index in [1.807, 2.05) is 0 Å². The molecule has 7 nitrogen and oxygen atoms in total. The molecule has 19 heavy (non-hydrogen) atoms. The van der Waals surface area contributed by atoms with Gasteiger partial charge in [0.25, 0.3) is 5.69 Å². The van der Waals surface area contributed by atoms with Crippen LogP contribution in [0.3, 0.4) is 0 Å². The highest BCUT2D eigenvalue weighted by Crippen LogP contribution is 2.30. The molecule has 1 aromatic rings. The molecule has 1 aliphatic heterocycles. The lowest BCUT2D eigenvalue weighted by Gasteiger charge is -2.25. The van der Waals surface area contributed by atoms with Crippen LogP contribution in [0.1, 0.15) is 12.0 Å². The number of hydrogen-bond acceptors (Lipinski definition) is 5. The second-order valence-electron chi connectivity index (χ2n) is 4.52. The molecular weight excluding hydrogens is 252 g/mol. The van der Waals surface area contributed by atoms with Gasteiger partial charge < -0.3 is 15.2 Å². The summed E-state index contributed by atoms with van der Waals surface area (Å²) in [4.78, 5) is 21.8. The van der Waals surface area contributed by atoms with E-state index in [0.717, 1.165) is 0 Å². The Morgan fingerprint density at radius 2 is 2.32 bits per heavy atom. The summed E-state index contributed by atoms with van der Waals surface area (Å²) in [5.41, 5.74) is -0.383. The molecular formula is C12H14N2O5. The summed E-state index contributed by atoms with van der Waals surface area (Å²) < 4.78 is 5.13. The normalized spacial score (nSPS) is 22.2. The fraction of sp³-hybridized carbons (Fsp3) is 0.417. The van der Waals surface area contributed by atoms with Crippen LogP contribution in [0, 0.1) is 17.0 Å². The van der Waals surface area contributed by atoms with Crippen LogP contribution in [0.2, 0.25) is 0 Å². The first-order valence-corrected chi connectivity index (χ1v) is 5.79. The Bertz CT molecular complexity index is 523. The molecule has 1 unspecified atom stereocenters. The molecule has 0 radical (unpaired) electrons. The third-order valence-electron chi connectivity index (χ3n) is 3.31. The van der Waals surface area contributed by atoms with E-state index in [2.05, 4.69) is 5.32 Å². The molecule has 1 aromatic carbocycles. The first-order chi connectivity index (χ1) is 8.96.